The molecule has 1 aromatic carbocycles. The maximum atomic E-state index is 5.98. The summed E-state index contributed by atoms with van der Waals surface area (Å²) in [5.74, 6) is 3.67. The third-order valence-electron chi connectivity index (χ3n) is 4.91. The molecule has 0 saturated heterocycles. The average molecular weight is 259 g/mol. The summed E-state index contributed by atoms with van der Waals surface area (Å²) in [7, 11) is 0. The van der Waals surface area contributed by atoms with Crippen LogP contribution in [0.3, 0.4) is 0 Å². The molecule has 2 aliphatic carbocycles. The maximum absolute atomic E-state index is 5.98. The first kappa shape index (κ1) is 11.6. The molecule has 3 nitrogen and oxygen atoms in total. The zero-order chi connectivity index (χ0) is 12.7. The third-order valence-corrected chi connectivity index (χ3v) is 4.91. The molecule has 1 aliphatic heterocycles. The molecular weight excluding hydrogens is 238 g/mol. The van der Waals surface area contributed by atoms with Crippen molar-refractivity contribution in [3.05, 3.63) is 24.3 Å². The molecular formula is C16H21NO2. The van der Waals surface area contributed by atoms with Crippen LogP contribution < -0.4 is 14.8 Å². The lowest BCUT2D eigenvalue weighted by Gasteiger charge is -2.29. The van der Waals surface area contributed by atoms with Crippen molar-refractivity contribution in [1.29, 1.82) is 0 Å². The molecule has 0 spiro atoms. The molecule has 4 atom stereocenters. The molecule has 102 valence electrons. The Kier molecular flexibility index (Phi) is 2.87. The molecule has 2 saturated carbocycles. The summed E-state index contributed by atoms with van der Waals surface area (Å²) >= 11 is 0. The van der Waals surface area contributed by atoms with Gasteiger partial charge >= 0.3 is 0 Å². The highest BCUT2D eigenvalue weighted by molar-refractivity contribution is 5.40. The van der Waals surface area contributed by atoms with E-state index >= 15 is 0 Å². The van der Waals surface area contributed by atoms with Gasteiger partial charge in [0.05, 0.1) is 0 Å². The van der Waals surface area contributed by atoms with Crippen molar-refractivity contribution in [2.24, 2.45) is 11.8 Å². The number of fused-ring (bicyclic) bond motifs is 3. The Morgan fingerprint density at radius 2 is 2.00 bits per heavy atom. The van der Waals surface area contributed by atoms with Crippen molar-refractivity contribution >= 4 is 0 Å². The fraction of sp³-hybridized carbons (Fsp3) is 0.625. The smallest absolute Gasteiger partial charge is 0.161 e. The second-order valence-electron chi connectivity index (χ2n) is 6.19. The number of benzene rings is 1. The lowest BCUT2D eigenvalue weighted by molar-refractivity contribution is 0.0862. The Morgan fingerprint density at radius 3 is 2.79 bits per heavy atom. The van der Waals surface area contributed by atoms with Crippen molar-refractivity contribution in [2.45, 2.75) is 37.8 Å². The van der Waals surface area contributed by atoms with Gasteiger partial charge in [-0.2, -0.15) is 0 Å². The van der Waals surface area contributed by atoms with Crippen LogP contribution in [0.4, 0.5) is 0 Å². The summed E-state index contributed by atoms with van der Waals surface area (Å²) in [6, 6.07) is 8.65. The minimum Gasteiger partial charge on any atom is -0.486 e. The van der Waals surface area contributed by atoms with Gasteiger partial charge in [-0.05, 0) is 43.2 Å². The molecule has 0 aromatic heterocycles. The van der Waals surface area contributed by atoms with Crippen LogP contribution in [0.15, 0.2) is 24.3 Å². The predicted octanol–water partition coefficient (Wildman–Crippen LogP) is 2.60. The summed E-state index contributed by atoms with van der Waals surface area (Å²) in [6.07, 6.45) is 5.85. The van der Waals surface area contributed by atoms with Crippen molar-refractivity contribution in [3.8, 4) is 11.5 Å². The molecule has 4 rings (SSSR count). The SMILES string of the molecule is c1ccc2c(c1)OCC(CNC1CC3CCC1C3)O2. The first-order chi connectivity index (χ1) is 9.38. The standard InChI is InChI=1S/C16H21NO2/c1-2-4-16-15(3-1)18-10-13(19-16)9-17-14-8-11-5-6-12(14)7-11/h1-4,11-14,17H,5-10H2. The highest BCUT2D eigenvalue weighted by Gasteiger charge is 2.39. The van der Waals surface area contributed by atoms with Gasteiger partial charge < -0.3 is 14.8 Å². The van der Waals surface area contributed by atoms with Gasteiger partial charge in [0.2, 0.25) is 0 Å². The van der Waals surface area contributed by atoms with E-state index in [4.69, 9.17) is 9.47 Å². The molecule has 2 fully saturated rings. The van der Waals surface area contributed by atoms with E-state index in [-0.39, 0.29) is 6.10 Å². The number of hydrogen-bond donors (Lipinski definition) is 1. The highest BCUT2D eigenvalue weighted by Crippen LogP contribution is 2.44. The van der Waals surface area contributed by atoms with Gasteiger partial charge in [0.1, 0.15) is 12.7 Å². The first-order valence-corrected chi connectivity index (χ1v) is 7.50. The zero-order valence-corrected chi connectivity index (χ0v) is 11.2. The zero-order valence-electron chi connectivity index (χ0n) is 11.2. The summed E-state index contributed by atoms with van der Waals surface area (Å²) in [6.45, 7) is 1.56. The van der Waals surface area contributed by atoms with E-state index in [2.05, 4.69) is 5.32 Å². The van der Waals surface area contributed by atoms with Crippen LogP contribution in [0.1, 0.15) is 25.7 Å². The topological polar surface area (TPSA) is 30.5 Å². The van der Waals surface area contributed by atoms with E-state index in [0.717, 1.165) is 35.9 Å². The molecule has 3 heteroatoms. The Balaban J connectivity index is 1.33. The van der Waals surface area contributed by atoms with Gasteiger partial charge in [0, 0.05) is 12.6 Å². The molecule has 19 heavy (non-hydrogen) atoms. The summed E-state index contributed by atoms with van der Waals surface area (Å²) < 4.78 is 11.7. The van der Waals surface area contributed by atoms with Crippen molar-refractivity contribution in [2.75, 3.05) is 13.2 Å². The number of rotatable bonds is 3. The average Bonchev–Trinajstić information content (AvgIpc) is 3.07. The van der Waals surface area contributed by atoms with E-state index in [1.54, 1.807) is 0 Å². The van der Waals surface area contributed by atoms with Crippen LogP contribution in [-0.2, 0) is 0 Å². The molecule has 4 unspecified atom stereocenters. The van der Waals surface area contributed by atoms with Crippen molar-refractivity contribution in [1.82, 2.24) is 5.32 Å². The van der Waals surface area contributed by atoms with Crippen molar-refractivity contribution in [3.63, 3.8) is 0 Å². The number of ether oxygens (including phenoxy) is 2. The number of para-hydroxylation sites is 2. The lowest BCUT2D eigenvalue weighted by atomic mass is 9.95. The summed E-state index contributed by atoms with van der Waals surface area (Å²) in [5, 5.41) is 3.71. The highest BCUT2D eigenvalue weighted by atomic mass is 16.6. The maximum Gasteiger partial charge on any atom is 0.161 e. The van der Waals surface area contributed by atoms with Gasteiger partial charge in [-0.1, -0.05) is 18.6 Å². The minimum absolute atomic E-state index is 0.147. The van der Waals surface area contributed by atoms with E-state index in [0.29, 0.717) is 6.61 Å². The molecule has 2 bridgehead atoms. The van der Waals surface area contributed by atoms with E-state index in [1.165, 1.54) is 25.7 Å². The molecule has 0 radical (unpaired) electrons. The third kappa shape index (κ3) is 2.20. The van der Waals surface area contributed by atoms with E-state index in [1.807, 2.05) is 24.3 Å². The summed E-state index contributed by atoms with van der Waals surface area (Å²) in [5.41, 5.74) is 0. The normalized spacial score (nSPS) is 35.6. The minimum atomic E-state index is 0.147. The van der Waals surface area contributed by atoms with Crippen LogP contribution in [-0.4, -0.2) is 25.3 Å². The fourth-order valence-electron chi connectivity index (χ4n) is 3.94. The second kappa shape index (κ2) is 4.71. The molecule has 1 heterocycles. The molecule has 0 amide bonds. The van der Waals surface area contributed by atoms with Crippen LogP contribution >= 0.6 is 0 Å². The van der Waals surface area contributed by atoms with Gasteiger partial charge in [0.25, 0.3) is 0 Å². The Morgan fingerprint density at radius 1 is 1.11 bits per heavy atom. The van der Waals surface area contributed by atoms with E-state index in [9.17, 15) is 0 Å². The van der Waals surface area contributed by atoms with Gasteiger partial charge in [0.15, 0.2) is 11.5 Å². The predicted molar refractivity (Wildman–Crippen MR) is 73.6 cm³/mol. The van der Waals surface area contributed by atoms with Gasteiger partial charge in [-0.15, -0.1) is 0 Å². The van der Waals surface area contributed by atoms with Crippen LogP contribution in [0.2, 0.25) is 0 Å². The molecule has 1 N–H and O–H groups in total. The van der Waals surface area contributed by atoms with Gasteiger partial charge in [-0.25, -0.2) is 0 Å². The quantitative estimate of drug-likeness (QED) is 0.905. The fourth-order valence-corrected chi connectivity index (χ4v) is 3.94. The Bertz CT molecular complexity index is 462. The monoisotopic (exact) mass is 259 g/mol. The van der Waals surface area contributed by atoms with E-state index < -0.39 is 0 Å². The summed E-state index contributed by atoms with van der Waals surface area (Å²) in [4.78, 5) is 0. The van der Waals surface area contributed by atoms with Crippen molar-refractivity contribution < 1.29 is 9.47 Å². The van der Waals surface area contributed by atoms with Crippen LogP contribution in [0.5, 0.6) is 11.5 Å². The Hall–Kier alpha value is -1.22. The van der Waals surface area contributed by atoms with Gasteiger partial charge in [-0.3, -0.25) is 0 Å². The van der Waals surface area contributed by atoms with Crippen LogP contribution in [0.25, 0.3) is 0 Å². The first-order valence-electron chi connectivity index (χ1n) is 7.50. The number of nitrogens with one attached hydrogen (secondary N) is 1. The van der Waals surface area contributed by atoms with Crippen LogP contribution in [0, 0.1) is 11.8 Å². The lowest BCUT2D eigenvalue weighted by Crippen LogP contribution is -2.44. The number of hydrogen-bond acceptors (Lipinski definition) is 3. The second-order valence-corrected chi connectivity index (χ2v) is 6.19. The molecule has 1 aromatic rings. The molecule has 3 aliphatic rings. The Labute approximate surface area is 114 Å². The largest absolute Gasteiger partial charge is 0.486 e.